The largest absolute Gasteiger partial charge is 0.392 e. The van der Waals surface area contributed by atoms with Gasteiger partial charge >= 0.3 is 0 Å². The number of rotatable bonds is 5. The standard InChI is InChI=1S/C15H22N4OS/c1-12-2-4-13(5-3-12)17-15(20)11-19-8-6-18(7-9-19)10-14(16)21/h2-5H,6-11H2,1H3,(H2,16,21)(H,17,20). The van der Waals surface area contributed by atoms with E-state index in [-0.39, 0.29) is 5.91 Å². The van der Waals surface area contributed by atoms with Gasteiger partial charge in [0.15, 0.2) is 0 Å². The fraction of sp³-hybridized carbons (Fsp3) is 0.467. The van der Waals surface area contributed by atoms with Crippen LogP contribution >= 0.6 is 12.2 Å². The normalized spacial score (nSPS) is 16.6. The highest BCUT2D eigenvalue weighted by Gasteiger charge is 2.19. The van der Waals surface area contributed by atoms with E-state index in [0.717, 1.165) is 31.9 Å². The molecule has 0 bridgehead atoms. The maximum Gasteiger partial charge on any atom is 0.238 e. The van der Waals surface area contributed by atoms with Gasteiger partial charge in [0.1, 0.15) is 0 Å². The van der Waals surface area contributed by atoms with Crippen LogP contribution < -0.4 is 11.1 Å². The number of carbonyl (C=O) groups is 1. The molecule has 0 aliphatic carbocycles. The quantitative estimate of drug-likeness (QED) is 0.789. The van der Waals surface area contributed by atoms with Crippen molar-refractivity contribution >= 4 is 28.8 Å². The van der Waals surface area contributed by atoms with Crippen LogP contribution in [0.4, 0.5) is 5.69 Å². The van der Waals surface area contributed by atoms with E-state index in [2.05, 4.69) is 15.1 Å². The van der Waals surface area contributed by atoms with Crippen LogP contribution in [0.15, 0.2) is 24.3 Å². The van der Waals surface area contributed by atoms with E-state index < -0.39 is 0 Å². The van der Waals surface area contributed by atoms with E-state index in [1.54, 1.807) is 0 Å². The van der Waals surface area contributed by atoms with Crippen molar-refractivity contribution in [3.63, 3.8) is 0 Å². The van der Waals surface area contributed by atoms with Crippen molar-refractivity contribution in [2.75, 3.05) is 44.6 Å². The molecule has 6 heteroatoms. The lowest BCUT2D eigenvalue weighted by Crippen LogP contribution is -2.50. The highest BCUT2D eigenvalue weighted by molar-refractivity contribution is 7.80. The lowest BCUT2D eigenvalue weighted by atomic mass is 10.2. The second-order valence-electron chi connectivity index (χ2n) is 5.43. The highest BCUT2D eigenvalue weighted by Crippen LogP contribution is 2.09. The second-order valence-corrected chi connectivity index (χ2v) is 5.96. The van der Waals surface area contributed by atoms with Crippen molar-refractivity contribution in [1.82, 2.24) is 9.80 Å². The predicted molar refractivity (Wildman–Crippen MR) is 89.5 cm³/mol. The number of anilines is 1. The Morgan fingerprint density at radius 1 is 1.14 bits per heavy atom. The summed E-state index contributed by atoms with van der Waals surface area (Å²) in [5.74, 6) is 0.0293. The number of nitrogens with zero attached hydrogens (tertiary/aromatic N) is 2. The first-order valence-electron chi connectivity index (χ1n) is 7.12. The van der Waals surface area contributed by atoms with E-state index in [0.29, 0.717) is 18.1 Å². The molecule has 0 radical (unpaired) electrons. The minimum atomic E-state index is 0.0293. The van der Waals surface area contributed by atoms with Gasteiger partial charge in [0.2, 0.25) is 5.91 Å². The summed E-state index contributed by atoms with van der Waals surface area (Å²) in [7, 11) is 0. The van der Waals surface area contributed by atoms with Crippen molar-refractivity contribution in [2.45, 2.75) is 6.92 Å². The summed E-state index contributed by atoms with van der Waals surface area (Å²) >= 11 is 4.92. The van der Waals surface area contributed by atoms with Gasteiger partial charge in [-0.3, -0.25) is 14.6 Å². The highest BCUT2D eigenvalue weighted by atomic mass is 32.1. The first-order valence-corrected chi connectivity index (χ1v) is 7.53. The molecule has 0 unspecified atom stereocenters. The Morgan fingerprint density at radius 3 is 2.19 bits per heavy atom. The number of thiocarbonyl (C=S) groups is 1. The maximum absolute atomic E-state index is 12.0. The van der Waals surface area contributed by atoms with Crippen LogP contribution in [0.5, 0.6) is 0 Å². The van der Waals surface area contributed by atoms with E-state index in [1.807, 2.05) is 31.2 Å². The zero-order valence-electron chi connectivity index (χ0n) is 12.3. The van der Waals surface area contributed by atoms with E-state index in [4.69, 9.17) is 18.0 Å². The van der Waals surface area contributed by atoms with Gasteiger partial charge in [0.25, 0.3) is 0 Å². The molecule has 21 heavy (non-hydrogen) atoms. The molecule has 0 aromatic heterocycles. The Kier molecular flexibility index (Phi) is 5.67. The molecule has 1 aliphatic rings. The van der Waals surface area contributed by atoms with E-state index in [1.165, 1.54) is 5.56 Å². The number of benzene rings is 1. The summed E-state index contributed by atoms with van der Waals surface area (Å²) in [6.07, 6.45) is 0. The third kappa shape index (κ3) is 5.41. The van der Waals surface area contributed by atoms with Gasteiger partial charge in [-0.05, 0) is 19.1 Å². The number of carbonyl (C=O) groups excluding carboxylic acids is 1. The molecule has 1 aromatic carbocycles. The second kappa shape index (κ2) is 7.49. The van der Waals surface area contributed by atoms with Crippen LogP contribution in [0.1, 0.15) is 5.56 Å². The number of hydrogen-bond acceptors (Lipinski definition) is 4. The van der Waals surface area contributed by atoms with Crippen molar-refractivity contribution in [3.8, 4) is 0 Å². The number of nitrogens with one attached hydrogen (secondary N) is 1. The monoisotopic (exact) mass is 306 g/mol. The molecule has 3 N–H and O–H groups in total. The maximum atomic E-state index is 12.0. The number of nitrogens with two attached hydrogens (primary N) is 1. The third-order valence-electron chi connectivity index (χ3n) is 3.55. The van der Waals surface area contributed by atoms with E-state index in [9.17, 15) is 4.79 Å². The van der Waals surface area contributed by atoms with Gasteiger partial charge in [0.05, 0.1) is 11.5 Å². The Balaban J connectivity index is 1.74. The van der Waals surface area contributed by atoms with Crippen LogP contribution in [-0.2, 0) is 4.79 Å². The number of aryl methyl sites for hydroxylation is 1. The summed E-state index contributed by atoms with van der Waals surface area (Å²) in [5.41, 5.74) is 7.57. The zero-order valence-corrected chi connectivity index (χ0v) is 13.2. The molecular weight excluding hydrogens is 284 g/mol. The van der Waals surface area contributed by atoms with Crippen molar-refractivity contribution in [3.05, 3.63) is 29.8 Å². The fourth-order valence-corrected chi connectivity index (χ4v) is 2.55. The molecule has 114 valence electrons. The number of hydrogen-bond donors (Lipinski definition) is 2. The molecule has 1 fully saturated rings. The van der Waals surface area contributed by atoms with Crippen molar-refractivity contribution < 1.29 is 4.79 Å². The topological polar surface area (TPSA) is 61.6 Å². The lowest BCUT2D eigenvalue weighted by Gasteiger charge is -2.33. The molecule has 0 atom stereocenters. The smallest absolute Gasteiger partial charge is 0.238 e. The molecule has 0 spiro atoms. The van der Waals surface area contributed by atoms with E-state index >= 15 is 0 Å². The Bertz CT molecular complexity index is 495. The summed E-state index contributed by atoms with van der Waals surface area (Å²) in [6.45, 7) is 6.64. The molecule has 1 amide bonds. The van der Waals surface area contributed by atoms with Gasteiger partial charge in [-0.1, -0.05) is 29.9 Å². The predicted octanol–water partition coefficient (Wildman–Crippen LogP) is 0.837. The third-order valence-corrected chi connectivity index (χ3v) is 3.68. The number of amides is 1. The zero-order chi connectivity index (χ0) is 15.2. The minimum absolute atomic E-state index is 0.0293. The SMILES string of the molecule is Cc1ccc(NC(=O)CN2CCN(CC(N)=S)CC2)cc1. The van der Waals surface area contributed by atoms with Crippen LogP contribution in [0.3, 0.4) is 0 Å². The van der Waals surface area contributed by atoms with Crippen LogP contribution in [-0.4, -0.2) is 60.0 Å². The molecule has 2 rings (SSSR count). The summed E-state index contributed by atoms with van der Waals surface area (Å²) in [4.78, 5) is 16.9. The lowest BCUT2D eigenvalue weighted by molar-refractivity contribution is -0.117. The van der Waals surface area contributed by atoms with Gasteiger partial charge in [-0.15, -0.1) is 0 Å². The first kappa shape index (κ1) is 15.9. The van der Waals surface area contributed by atoms with Crippen LogP contribution in [0.2, 0.25) is 0 Å². The molecule has 1 heterocycles. The Labute approximate surface area is 131 Å². The summed E-state index contributed by atoms with van der Waals surface area (Å²) in [6, 6.07) is 7.83. The summed E-state index contributed by atoms with van der Waals surface area (Å²) in [5, 5.41) is 2.92. The van der Waals surface area contributed by atoms with Gasteiger partial charge in [0, 0.05) is 38.4 Å². The van der Waals surface area contributed by atoms with Crippen molar-refractivity contribution in [2.24, 2.45) is 5.73 Å². The number of piperazine rings is 1. The van der Waals surface area contributed by atoms with Crippen molar-refractivity contribution in [1.29, 1.82) is 0 Å². The van der Waals surface area contributed by atoms with Gasteiger partial charge in [-0.2, -0.15) is 0 Å². The van der Waals surface area contributed by atoms with Gasteiger partial charge < -0.3 is 11.1 Å². The minimum Gasteiger partial charge on any atom is -0.392 e. The molecular formula is C15H22N4OS. The molecule has 1 aromatic rings. The molecule has 0 saturated carbocycles. The average Bonchev–Trinajstić information content (AvgIpc) is 2.43. The first-order chi connectivity index (χ1) is 10.0. The fourth-order valence-electron chi connectivity index (χ4n) is 2.37. The molecule has 1 saturated heterocycles. The molecule has 5 nitrogen and oxygen atoms in total. The summed E-state index contributed by atoms with van der Waals surface area (Å²) < 4.78 is 0. The van der Waals surface area contributed by atoms with Crippen LogP contribution in [0.25, 0.3) is 0 Å². The average molecular weight is 306 g/mol. The van der Waals surface area contributed by atoms with Crippen LogP contribution in [0, 0.1) is 6.92 Å². The van der Waals surface area contributed by atoms with Gasteiger partial charge in [-0.25, -0.2) is 0 Å². The Hall–Kier alpha value is -1.50. The molecule has 1 aliphatic heterocycles. The Morgan fingerprint density at radius 2 is 1.67 bits per heavy atom.